The van der Waals surface area contributed by atoms with E-state index in [1.54, 1.807) is 12.3 Å². The first kappa shape index (κ1) is 26.7. The largest absolute Gasteiger partial charge is 0.494 e. The number of hydrogen-bond donors (Lipinski definition) is 3. The van der Waals surface area contributed by atoms with Crippen LogP contribution in [-0.2, 0) is 13.5 Å². The van der Waals surface area contributed by atoms with Crippen LogP contribution in [0.1, 0.15) is 44.0 Å². The lowest BCUT2D eigenvalue weighted by Gasteiger charge is -2.10. The molecule has 0 saturated carbocycles. The fourth-order valence-electron chi connectivity index (χ4n) is 4.20. The van der Waals surface area contributed by atoms with Crippen LogP contribution in [0, 0.1) is 13.8 Å². The number of para-hydroxylation sites is 1. The number of rotatable bonds is 11. The Morgan fingerprint density at radius 1 is 1.11 bits per heavy atom. The van der Waals surface area contributed by atoms with Gasteiger partial charge in [0.2, 0.25) is 0 Å². The number of ether oxygens (including phenoxy) is 1. The van der Waals surface area contributed by atoms with Crippen LogP contribution in [0.15, 0.2) is 54.9 Å². The summed E-state index contributed by atoms with van der Waals surface area (Å²) >= 11 is 7.53. The van der Waals surface area contributed by atoms with Gasteiger partial charge in [0.15, 0.2) is 0 Å². The maximum atomic E-state index is 13.0. The molecule has 2 amide bonds. The summed E-state index contributed by atoms with van der Waals surface area (Å²) in [5.41, 5.74) is 5.05. The fourth-order valence-corrected chi connectivity index (χ4v) is 4.85. The molecular weight excluding hydrogens is 508 g/mol. The van der Waals surface area contributed by atoms with E-state index in [4.69, 9.17) is 16.3 Å². The number of amides is 2. The Morgan fingerprint density at radius 2 is 1.86 bits per heavy atom. The molecule has 4 aromatic rings. The minimum absolute atomic E-state index is 0.128. The first-order valence-electron chi connectivity index (χ1n) is 12.1. The molecule has 0 aliphatic rings. The van der Waals surface area contributed by atoms with Crippen molar-refractivity contribution in [1.82, 2.24) is 19.6 Å². The quantitative estimate of drug-likeness (QED) is 0.171. The minimum Gasteiger partial charge on any atom is -0.494 e. The Labute approximate surface area is 226 Å². The molecule has 2 heterocycles. The van der Waals surface area contributed by atoms with Crippen LogP contribution in [0.4, 0.5) is 0 Å². The molecule has 4 rings (SSSR count). The zero-order valence-corrected chi connectivity index (χ0v) is 22.8. The van der Waals surface area contributed by atoms with Crippen molar-refractivity contribution in [2.45, 2.75) is 26.7 Å². The van der Waals surface area contributed by atoms with Gasteiger partial charge in [-0.2, -0.15) is 0 Å². The summed E-state index contributed by atoms with van der Waals surface area (Å²) in [7, 11) is 1.87. The second-order valence-electron chi connectivity index (χ2n) is 8.95. The summed E-state index contributed by atoms with van der Waals surface area (Å²) in [5, 5.41) is 4.66. The van der Waals surface area contributed by atoms with Gasteiger partial charge in [0, 0.05) is 47.7 Å². The predicted octanol–water partition coefficient (Wildman–Crippen LogP) is 5.60. The normalized spacial score (nSPS) is 11.0. The molecule has 2 aromatic carbocycles. The Morgan fingerprint density at radius 3 is 2.59 bits per heavy atom. The molecule has 0 atom stereocenters. The van der Waals surface area contributed by atoms with Crippen molar-refractivity contribution in [2.24, 2.45) is 7.05 Å². The zero-order chi connectivity index (χ0) is 26.4. The van der Waals surface area contributed by atoms with Crippen molar-refractivity contribution in [3.63, 3.8) is 0 Å². The summed E-state index contributed by atoms with van der Waals surface area (Å²) < 4.78 is 10.7. The number of nitrogens with one attached hydrogen (secondary N) is 3. The molecular formula is C28H31ClN4O3S. The lowest BCUT2D eigenvalue weighted by Crippen LogP contribution is -2.27. The molecule has 37 heavy (non-hydrogen) atoms. The van der Waals surface area contributed by atoms with Crippen LogP contribution < -0.4 is 14.8 Å². The number of aromatic amines is 1. The second-order valence-corrected chi connectivity index (χ2v) is 10.2. The van der Waals surface area contributed by atoms with Gasteiger partial charge < -0.3 is 19.6 Å². The lowest BCUT2D eigenvalue weighted by molar-refractivity contribution is 0.0954. The zero-order valence-electron chi connectivity index (χ0n) is 21.2. The highest BCUT2D eigenvalue weighted by Gasteiger charge is 2.17. The average molecular weight is 539 g/mol. The van der Waals surface area contributed by atoms with Gasteiger partial charge >= 0.3 is 0 Å². The van der Waals surface area contributed by atoms with Gasteiger partial charge in [-0.15, -0.1) is 0 Å². The van der Waals surface area contributed by atoms with Crippen molar-refractivity contribution >= 4 is 46.3 Å². The third-order valence-electron chi connectivity index (χ3n) is 6.04. The Hall–Kier alpha value is -3.36. The molecule has 0 fully saturated rings. The van der Waals surface area contributed by atoms with E-state index in [9.17, 15) is 9.59 Å². The molecule has 194 valence electrons. The summed E-state index contributed by atoms with van der Waals surface area (Å²) in [6, 6.07) is 13.6. The highest BCUT2D eigenvalue weighted by molar-refractivity contribution is 7.97. The molecule has 0 saturated heterocycles. The third-order valence-corrected chi connectivity index (χ3v) is 7.37. The van der Waals surface area contributed by atoms with Gasteiger partial charge in [-0.3, -0.25) is 14.3 Å². The molecule has 0 unspecified atom stereocenters. The Bertz CT molecular complexity index is 1390. The molecule has 3 N–H and O–H groups in total. The van der Waals surface area contributed by atoms with E-state index in [1.165, 1.54) is 11.9 Å². The fraction of sp³-hybridized carbons (Fsp3) is 0.286. The second kappa shape index (κ2) is 12.3. The third kappa shape index (κ3) is 6.70. The highest BCUT2D eigenvalue weighted by Crippen LogP contribution is 2.27. The van der Waals surface area contributed by atoms with Crippen molar-refractivity contribution in [3.8, 4) is 5.75 Å². The van der Waals surface area contributed by atoms with Crippen molar-refractivity contribution < 1.29 is 14.3 Å². The number of nitrogens with zero attached hydrogens (tertiary/aromatic N) is 1. The van der Waals surface area contributed by atoms with Gasteiger partial charge in [-0.25, -0.2) is 0 Å². The molecule has 0 radical (unpaired) electrons. The van der Waals surface area contributed by atoms with Gasteiger partial charge in [0.05, 0.1) is 12.2 Å². The van der Waals surface area contributed by atoms with Crippen molar-refractivity contribution in [2.75, 3.05) is 18.9 Å². The van der Waals surface area contributed by atoms with E-state index in [0.29, 0.717) is 36.6 Å². The number of fused-ring (bicyclic) bond motifs is 1. The van der Waals surface area contributed by atoms with Crippen molar-refractivity contribution in [3.05, 3.63) is 87.8 Å². The van der Waals surface area contributed by atoms with Gasteiger partial charge in [0.1, 0.15) is 11.4 Å². The van der Waals surface area contributed by atoms with E-state index < -0.39 is 0 Å². The molecule has 2 aromatic heterocycles. The SMILES string of the molecule is Cc1cc(OCCCc2c(C(=O)NSCCNC(=O)c3ccn(C)c3)[nH]c3ccccc23)cc(C)c1Cl. The topological polar surface area (TPSA) is 88.2 Å². The van der Waals surface area contributed by atoms with Crippen LogP contribution in [0.2, 0.25) is 5.02 Å². The van der Waals surface area contributed by atoms with Gasteiger partial charge in [0.25, 0.3) is 11.8 Å². The summed E-state index contributed by atoms with van der Waals surface area (Å²) in [4.78, 5) is 28.4. The summed E-state index contributed by atoms with van der Waals surface area (Å²) in [5.74, 6) is 1.03. The molecule has 0 bridgehead atoms. The van der Waals surface area contributed by atoms with Crippen molar-refractivity contribution in [1.29, 1.82) is 0 Å². The summed E-state index contributed by atoms with van der Waals surface area (Å²) in [6.07, 6.45) is 5.04. The highest BCUT2D eigenvalue weighted by atomic mass is 35.5. The van der Waals surface area contributed by atoms with Crippen LogP contribution >= 0.6 is 23.5 Å². The van der Waals surface area contributed by atoms with Crippen LogP contribution in [0.3, 0.4) is 0 Å². The first-order chi connectivity index (χ1) is 17.8. The van der Waals surface area contributed by atoms with Gasteiger partial charge in [-0.05, 0) is 79.6 Å². The van der Waals surface area contributed by atoms with Gasteiger partial charge in [-0.1, -0.05) is 29.8 Å². The smallest absolute Gasteiger partial charge is 0.277 e. The first-order valence-corrected chi connectivity index (χ1v) is 13.5. The van der Waals surface area contributed by atoms with E-state index >= 15 is 0 Å². The number of H-pyrrole nitrogens is 1. The van der Waals surface area contributed by atoms with Crippen LogP contribution in [0.25, 0.3) is 10.9 Å². The molecule has 0 aliphatic heterocycles. The number of hydrogen-bond acceptors (Lipinski definition) is 4. The van der Waals surface area contributed by atoms with E-state index in [2.05, 4.69) is 15.0 Å². The Balaban J connectivity index is 1.31. The summed E-state index contributed by atoms with van der Waals surface area (Å²) in [6.45, 7) is 4.90. The average Bonchev–Trinajstić information content (AvgIpc) is 3.48. The number of carbonyl (C=O) groups is 2. The van der Waals surface area contributed by atoms with Crippen LogP contribution in [0.5, 0.6) is 5.75 Å². The monoisotopic (exact) mass is 538 g/mol. The van der Waals surface area contributed by atoms with E-state index in [1.807, 2.05) is 68.1 Å². The number of carbonyl (C=O) groups excluding carboxylic acids is 2. The van der Waals surface area contributed by atoms with E-state index in [0.717, 1.165) is 44.8 Å². The molecule has 0 aliphatic carbocycles. The minimum atomic E-state index is -0.185. The number of aromatic nitrogens is 2. The molecule has 7 nitrogen and oxygen atoms in total. The maximum absolute atomic E-state index is 13.0. The lowest BCUT2D eigenvalue weighted by atomic mass is 10.1. The number of halogens is 1. The maximum Gasteiger partial charge on any atom is 0.277 e. The molecule has 0 spiro atoms. The van der Waals surface area contributed by atoms with Crippen LogP contribution in [-0.4, -0.2) is 40.3 Å². The van der Waals surface area contributed by atoms with E-state index in [-0.39, 0.29) is 11.8 Å². The Kier molecular flexibility index (Phi) is 8.84. The predicted molar refractivity (Wildman–Crippen MR) is 151 cm³/mol. The number of benzene rings is 2. The standard InChI is InChI=1S/C28H31ClN4O3S/c1-18-15-21(16-19(2)25(18)29)36-13-6-8-23-22-7-4-5-9-24(22)31-26(23)28(35)32-37-14-11-30-27(34)20-10-12-33(3)17-20/h4-5,7,9-10,12,15-17,31H,6,8,11,13-14H2,1-3H3,(H,30,34)(H,32,35). The molecule has 9 heteroatoms. The number of aryl methyl sites for hydroxylation is 4.